The van der Waals surface area contributed by atoms with Crippen LogP contribution < -0.4 is 0 Å². The van der Waals surface area contributed by atoms with Crippen molar-refractivity contribution in [2.75, 3.05) is 0 Å². The SMILES string of the molecule is C=CCc1ccc(C=CCc2ccccc2)cc1. The minimum Gasteiger partial charge on any atom is -0.103 e. The quantitative estimate of drug-likeness (QED) is 0.659. The van der Waals surface area contributed by atoms with Gasteiger partial charge in [-0.2, -0.15) is 0 Å². The molecule has 2 aromatic rings. The van der Waals surface area contributed by atoms with E-state index in [1.807, 2.05) is 12.1 Å². The molecule has 2 rings (SSSR count). The maximum Gasteiger partial charge on any atom is -0.00941 e. The molecule has 18 heavy (non-hydrogen) atoms. The molecule has 0 saturated heterocycles. The Balaban J connectivity index is 1.94. The van der Waals surface area contributed by atoms with Crippen LogP contribution in [0.3, 0.4) is 0 Å². The van der Waals surface area contributed by atoms with Gasteiger partial charge in [0.05, 0.1) is 0 Å². The maximum atomic E-state index is 3.75. The normalized spacial score (nSPS) is 10.7. The van der Waals surface area contributed by atoms with Gasteiger partial charge in [0.25, 0.3) is 0 Å². The van der Waals surface area contributed by atoms with Gasteiger partial charge >= 0.3 is 0 Å². The first kappa shape index (κ1) is 12.4. The summed E-state index contributed by atoms with van der Waals surface area (Å²) in [5.41, 5.74) is 3.90. The van der Waals surface area contributed by atoms with E-state index < -0.39 is 0 Å². The number of rotatable bonds is 5. The zero-order valence-electron chi connectivity index (χ0n) is 10.5. The van der Waals surface area contributed by atoms with Crippen molar-refractivity contribution in [3.05, 3.63) is 90.0 Å². The standard InChI is InChI=1S/C18H18/c1-2-7-16-12-14-18(15-13-16)11-6-10-17-8-4-3-5-9-17/h2-6,8-9,11-15H,1,7,10H2. The number of hydrogen-bond donors (Lipinski definition) is 0. The summed E-state index contributed by atoms with van der Waals surface area (Å²) in [5, 5.41) is 0. The zero-order valence-corrected chi connectivity index (χ0v) is 10.5. The van der Waals surface area contributed by atoms with Crippen molar-refractivity contribution in [1.82, 2.24) is 0 Å². The Morgan fingerprint density at radius 2 is 1.44 bits per heavy atom. The molecular formula is C18H18. The van der Waals surface area contributed by atoms with E-state index in [1.165, 1.54) is 16.7 Å². The Hall–Kier alpha value is -2.08. The molecule has 0 aliphatic carbocycles. The first-order valence-corrected chi connectivity index (χ1v) is 6.29. The molecule has 0 N–H and O–H groups in total. The van der Waals surface area contributed by atoms with E-state index in [4.69, 9.17) is 0 Å². The summed E-state index contributed by atoms with van der Waals surface area (Å²) in [6.07, 6.45) is 8.23. The van der Waals surface area contributed by atoms with E-state index in [9.17, 15) is 0 Å². The Morgan fingerprint density at radius 1 is 0.778 bits per heavy atom. The van der Waals surface area contributed by atoms with Crippen LogP contribution in [0.5, 0.6) is 0 Å². The summed E-state index contributed by atoms with van der Waals surface area (Å²) in [7, 11) is 0. The van der Waals surface area contributed by atoms with E-state index in [1.54, 1.807) is 0 Å². The van der Waals surface area contributed by atoms with Gasteiger partial charge < -0.3 is 0 Å². The number of allylic oxidation sites excluding steroid dienone is 2. The van der Waals surface area contributed by atoms with Crippen LogP contribution in [0.15, 0.2) is 73.3 Å². The molecule has 0 heterocycles. The largest absolute Gasteiger partial charge is 0.103 e. The summed E-state index contributed by atoms with van der Waals surface area (Å²) in [6, 6.07) is 19.1. The Kier molecular flexibility index (Phi) is 4.54. The van der Waals surface area contributed by atoms with Gasteiger partial charge in [-0.3, -0.25) is 0 Å². The highest BCUT2D eigenvalue weighted by Gasteiger charge is 1.90. The molecule has 0 nitrogen and oxygen atoms in total. The highest BCUT2D eigenvalue weighted by atomic mass is 14.0. The third-order valence-electron chi connectivity index (χ3n) is 2.87. The minimum absolute atomic E-state index is 0.939. The van der Waals surface area contributed by atoms with E-state index in [2.05, 4.69) is 67.3 Å². The highest BCUT2D eigenvalue weighted by molar-refractivity contribution is 5.50. The van der Waals surface area contributed by atoms with Crippen LogP contribution in [-0.4, -0.2) is 0 Å². The summed E-state index contributed by atoms with van der Waals surface area (Å²) in [5.74, 6) is 0. The third kappa shape index (κ3) is 3.74. The van der Waals surface area contributed by atoms with Crippen LogP contribution >= 0.6 is 0 Å². The van der Waals surface area contributed by atoms with Crippen LogP contribution in [0.25, 0.3) is 6.08 Å². The van der Waals surface area contributed by atoms with Crippen molar-refractivity contribution in [3.8, 4) is 0 Å². The molecule has 0 saturated carbocycles. The molecule has 90 valence electrons. The molecule has 0 atom stereocenters. The number of benzene rings is 2. The van der Waals surface area contributed by atoms with Crippen LogP contribution in [0.2, 0.25) is 0 Å². The van der Waals surface area contributed by atoms with Crippen molar-refractivity contribution in [2.45, 2.75) is 12.8 Å². The lowest BCUT2D eigenvalue weighted by molar-refractivity contribution is 1.27. The molecular weight excluding hydrogens is 216 g/mol. The summed E-state index contributed by atoms with van der Waals surface area (Å²) in [6.45, 7) is 3.75. The van der Waals surface area contributed by atoms with Crippen LogP contribution in [0, 0.1) is 0 Å². The predicted octanol–water partition coefficient (Wildman–Crippen LogP) is 4.67. The van der Waals surface area contributed by atoms with E-state index >= 15 is 0 Å². The van der Waals surface area contributed by atoms with Gasteiger partial charge in [0.1, 0.15) is 0 Å². The van der Waals surface area contributed by atoms with Gasteiger partial charge in [-0.15, -0.1) is 6.58 Å². The van der Waals surface area contributed by atoms with Crippen LogP contribution in [0.1, 0.15) is 16.7 Å². The van der Waals surface area contributed by atoms with Crippen molar-refractivity contribution < 1.29 is 0 Å². The molecule has 0 spiro atoms. The molecule has 0 aromatic heterocycles. The predicted molar refractivity (Wildman–Crippen MR) is 79.5 cm³/mol. The fourth-order valence-corrected chi connectivity index (χ4v) is 1.88. The lowest BCUT2D eigenvalue weighted by Gasteiger charge is -1.98. The molecule has 0 radical (unpaired) electrons. The van der Waals surface area contributed by atoms with Gasteiger partial charge in [0, 0.05) is 0 Å². The monoisotopic (exact) mass is 234 g/mol. The van der Waals surface area contributed by atoms with E-state index in [-0.39, 0.29) is 0 Å². The second-order valence-electron chi connectivity index (χ2n) is 4.33. The lowest BCUT2D eigenvalue weighted by Crippen LogP contribution is -1.81. The summed E-state index contributed by atoms with van der Waals surface area (Å²) >= 11 is 0. The van der Waals surface area contributed by atoms with Gasteiger partial charge in [0.15, 0.2) is 0 Å². The van der Waals surface area contributed by atoms with Gasteiger partial charge in [-0.25, -0.2) is 0 Å². The van der Waals surface area contributed by atoms with E-state index in [0.717, 1.165) is 12.8 Å². The Bertz CT molecular complexity index is 503. The fraction of sp³-hybridized carbons (Fsp3) is 0.111. The van der Waals surface area contributed by atoms with Crippen LogP contribution in [-0.2, 0) is 12.8 Å². The molecule has 0 bridgehead atoms. The zero-order chi connectivity index (χ0) is 12.6. The lowest BCUT2D eigenvalue weighted by atomic mass is 10.1. The average Bonchev–Trinajstić information content (AvgIpc) is 2.42. The minimum atomic E-state index is 0.939. The number of hydrogen-bond acceptors (Lipinski definition) is 0. The fourth-order valence-electron chi connectivity index (χ4n) is 1.88. The molecule has 0 heteroatoms. The Morgan fingerprint density at radius 3 is 2.11 bits per heavy atom. The second kappa shape index (κ2) is 6.61. The molecule has 0 aliphatic rings. The molecule has 0 aliphatic heterocycles. The van der Waals surface area contributed by atoms with Crippen molar-refractivity contribution >= 4 is 6.08 Å². The average molecular weight is 234 g/mol. The van der Waals surface area contributed by atoms with Gasteiger partial charge in [-0.1, -0.05) is 72.8 Å². The summed E-state index contributed by atoms with van der Waals surface area (Å²) < 4.78 is 0. The summed E-state index contributed by atoms with van der Waals surface area (Å²) in [4.78, 5) is 0. The molecule has 0 amide bonds. The van der Waals surface area contributed by atoms with Gasteiger partial charge in [0.2, 0.25) is 0 Å². The Labute approximate surface area is 109 Å². The van der Waals surface area contributed by atoms with Crippen LogP contribution in [0.4, 0.5) is 0 Å². The van der Waals surface area contributed by atoms with E-state index in [0.29, 0.717) is 0 Å². The maximum absolute atomic E-state index is 3.75. The third-order valence-corrected chi connectivity index (χ3v) is 2.87. The first-order valence-electron chi connectivity index (χ1n) is 6.29. The van der Waals surface area contributed by atoms with Crippen molar-refractivity contribution in [1.29, 1.82) is 0 Å². The van der Waals surface area contributed by atoms with Gasteiger partial charge in [-0.05, 0) is 29.5 Å². The smallest absolute Gasteiger partial charge is 0.00941 e. The molecule has 0 unspecified atom stereocenters. The molecule has 2 aromatic carbocycles. The molecule has 0 fully saturated rings. The topological polar surface area (TPSA) is 0 Å². The van der Waals surface area contributed by atoms with Crippen molar-refractivity contribution in [3.63, 3.8) is 0 Å². The highest BCUT2D eigenvalue weighted by Crippen LogP contribution is 2.08. The van der Waals surface area contributed by atoms with Crippen molar-refractivity contribution in [2.24, 2.45) is 0 Å². The first-order chi connectivity index (χ1) is 8.88. The second-order valence-corrected chi connectivity index (χ2v) is 4.33.